The Morgan fingerprint density at radius 2 is 1.33 bits per heavy atom. The third-order valence-electron chi connectivity index (χ3n) is 2.24. The van der Waals surface area contributed by atoms with E-state index in [4.69, 9.17) is 18.1 Å². The molecular formula is C13H27O4P. The summed E-state index contributed by atoms with van der Waals surface area (Å²) >= 11 is 0. The number of allylic oxidation sites excluding steroid dienone is 2. The Morgan fingerprint density at radius 1 is 0.944 bits per heavy atom. The van der Waals surface area contributed by atoms with Crippen LogP contribution in [-0.2, 0) is 18.1 Å². The van der Waals surface area contributed by atoms with Crippen LogP contribution in [0.3, 0.4) is 0 Å². The summed E-state index contributed by atoms with van der Waals surface area (Å²) in [5.74, 6) is 0.814. The topological polar surface area (TPSA) is 36.9 Å². The summed E-state index contributed by atoms with van der Waals surface area (Å²) in [6, 6.07) is 0. The molecule has 0 saturated carbocycles. The Bertz CT molecular complexity index is 294. The molecule has 1 heterocycles. The van der Waals surface area contributed by atoms with Gasteiger partial charge in [-0.25, -0.2) is 0 Å². The second-order valence-corrected chi connectivity index (χ2v) is 8.62. The van der Waals surface area contributed by atoms with Gasteiger partial charge in [0.05, 0.1) is 0 Å². The molecule has 1 rings (SSSR count). The summed E-state index contributed by atoms with van der Waals surface area (Å²) in [5.41, 5.74) is 0. The molecule has 0 radical (unpaired) electrons. The van der Waals surface area contributed by atoms with Crippen molar-refractivity contribution in [1.29, 1.82) is 0 Å². The van der Waals surface area contributed by atoms with Crippen LogP contribution in [0.4, 0.5) is 0 Å². The molecule has 0 spiro atoms. The maximum atomic E-state index is 6.09. The average Bonchev–Trinajstić information content (AvgIpc) is 2.39. The van der Waals surface area contributed by atoms with Gasteiger partial charge in [0, 0.05) is 0 Å². The zero-order valence-electron chi connectivity index (χ0n) is 12.6. The summed E-state index contributed by atoms with van der Waals surface area (Å²) in [5, 5.41) is 0. The molecule has 0 saturated heterocycles. The van der Waals surface area contributed by atoms with Crippen LogP contribution in [-0.4, -0.2) is 24.5 Å². The van der Waals surface area contributed by atoms with E-state index in [-0.39, 0.29) is 18.3 Å². The Balaban J connectivity index is 3.09. The first-order valence-electron chi connectivity index (χ1n) is 6.62. The summed E-state index contributed by atoms with van der Waals surface area (Å²) < 4.78 is 24.3. The molecular weight excluding hydrogens is 251 g/mol. The van der Waals surface area contributed by atoms with Crippen LogP contribution in [0.5, 0.6) is 0 Å². The predicted molar refractivity (Wildman–Crippen MR) is 75.3 cm³/mol. The molecule has 18 heavy (non-hydrogen) atoms. The summed E-state index contributed by atoms with van der Waals surface area (Å²) in [6.07, 6.45) is 2.51. The SMILES string of the molecule is CC1=CCP(OC(C)C)(OC(C)C)(OC(C)C)O1. The molecule has 0 amide bonds. The zero-order valence-corrected chi connectivity index (χ0v) is 13.5. The summed E-state index contributed by atoms with van der Waals surface area (Å²) in [6.45, 7) is 13.7. The van der Waals surface area contributed by atoms with Crippen molar-refractivity contribution in [1.82, 2.24) is 0 Å². The molecule has 4 nitrogen and oxygen atoms in total. The van der Waals surface area contributed by atoms with Gasteiger partial charge in [0.15, 0.2) is 0 Å². The molecule has 1 aliphatic heterocycles. The van der Waals surface area contributed by atoms with Crippen molar-refractivity contribution in [2.75, 3.05) is 6.16 Å². The van der Waals surface area contributed by atoms with E-state index in [0.717, 1.165) is 5.76 Å². The number of rotatable bonds is 6. The van der Waals surface area contributed by atoms with Gasteiger partial charge >= 0.3 is 110 Å². The zero-order chi connectivity index (χ0) is 14.0. The quantitative estimate of drug-likeness (QED) is 0.674. The molecule has 5 heteroatoms. The first-order chi connectivity index (χ1) is 8.16. The van der Waals surface area contributed by atoms with E-state index in [1.165, 1.54) is 0 Å². The molecule has 0 aliphatic carbocycles. The summed E-state index contributed by atoms with van der Waals surface area (Å²) in [4.78, 5) is 0. The van der Waals surface area contributed by atoms with Crippen LogP contribution >= 0.6 is 7.51 Å². The Morgan fingerprint density at radius 3 is 1.56 bits per heavy atom. The summed E-state index contributed by atoms with van der Waals surface area (Å²) in [7, 11) is -3.51. The standard InChI is InChI=1S/C13H27O4P/c1-10(2)14-18(15-11(3)4,16-12(5)6)9-8-13(7)17-18/h8,10-12H,9H2,1-7H3. The second-order valence-electron chi connectivity index (χ2n) is 5.51. The maximum absolute atomic E-state index is 6.09. The minimum absolute atomic E-state index is 0.0144. The van der Waals surface area contributed by atoms with E-state index in [1.54, 1.807) is 0 Å². The fourth-order valence-electron chi connectivity index (χ4n) is 2.12. The van der Waals surface area contributed by atoms with Gasteiger partial charge < -0.3 is 0 Å². The Kier molecular flexibility index (Phi) is 4.82. The van der Waals surface area contributed by atoms with Crippen molar-refractivity contribution in [3.63, 3.8) is 0 Å². The van der Waals surface area contributed by atoms with E-state index < -0.39 is 7.51 Å². The van der Waals surface area contributed by atoms with Crippen molar-refractivity contribution in [3.05, 3.63) is 11.8 Å². The van der Waals surface area contributed by atoms with Crippen LogP contribution in [0, 0.1) is 0 Å². The van der Waals surface area contributed by atoms with Gasteiger partial charge in [0.1, 0.15) is 0 Å². The van der Waals surface area contributed by atoms with Gasteiger partial charge in [-0.3, -0.25) is 0 Å². The fourth-order valence-corrected chi connectivity index (χ4v) is 6.36. The van der Waals surface area contributed by atoms with E-state index in [9.17, 15) is 0 Å². The molecule has 0 N–H and O–H groups in total. The van der Waals surface area contributed by atoms with Crippen LogP contribution in [0.2, 0.25) is 0 Å². The molecule has 0 fully saturated rings. The van der Waals surface area contributed by atoms with Gasteiger partial charge in [0.2, 0.25) is 0 Å². The molecule has 0 bridgehead atoms. The van der Waals surface area contributed by atoms with Crippen molar-refractivity contribution in [2.24, 2.45) is 0 Å². The number of hydrogen-bond acceptors (Lipinski definition) is 4. The normalized spacial score (nSPS) is 23.9. The average molecular weight is 278 g/mol. The van der Waals surface area contributed by atoms with Crippen molar-refractivity contribution >= 4 is 7.51 Å². The van der Waals surface area contributed by atoms with Gasteiger partial charge in [0.25, 0.3) is 0 Å². The molecule has 0 aromatic heterocycles. The van der Waals surface area contributed by atoms with E-state index in [0.29, 0.717) is 6.16 Å². The first kappa shape index (κ1) is 15.9. The molecule has 0 aromatic rings. The molecule has 1 aliphatic rings. The van der Waals surface area contributed by atoms with Gasteiger partial charge in [-0.1, -0.05) is 0 Å². The Labute approximate surface area is 111 Å². The van der Waals surface area contributed by atoms with Crippen LogP contribution < -0.4 is 0 Å². The molecule has 108 valence electrons. The molecule has 0 atom stereocenters. The van der Waals surface area contributed by atoms with E-state index >= 15 is 0 Å². The Hall–Kier alpha value is -0.150. The van der Waals surface area contributed by atoms with E-state index in [1.807, 2.05) is 54.5 Å². The third kappa shape index (κ3) is 3.67. The third-order valence-corrected chi connectivity index (χ3v) is 6.15. The van der Waals surface area contributed by atoms with Crippen molar-refractivity contribution < 1.29 is 18.1 Å². The predicted octanol–water partition coefficient (Wildman–Crippen LogP) is 4.41. The van der Waals surface area contributed by atoms with Crippen LogP contribution in [0.25, 0.3) is 0 Å². The molecule has 0 aromatic carbocycles. The second kappa shape index (κ2) is 5.46. The first-order valence-corrected chi connectivity index (χ1v) is 8.71. The number of hydrogen-bond donors (Lipinski definition) is 0. The molecule has 0 unspecified atom stereocenters. The van der Waals surface area contributed by atoms with Crippen LogP contribution in [0.15, 0.2) is 11.8 Å². The van der Waals surface area contributed by atoms with E-state index in [2.05, 4.69) is 0 Å². The fraction of sp³-hybridized carbons (Fsp3) is 0.846. The minimum atomic E-state index is -3.51. The van der Waals surface area contributed by atoms with Gasteiger partial charge in [-0.05, 0) is 0 Å². The van der Waals surface area contributed by atoms with Gasteiger partial charge in [-0.15, -0.1) is 0 Å². The van der Waals surface area contributed by atoms with Crippen molar-refractivity contribution in [2.45, 2.75) is 66.8 Å². The van der Waals surface area contributed by atoms with Gasteiger partial charge in [-0.2, -0.15) is 0 Å². The van der Waals surface area contributed by atoms with Crippen molar-refractivity contribution in [3.8, 4) is 0 Å². The monoisotopic (exact) mass is 278 g/mol. The van der Waals surface area contributed by atoms with Crippen LogP contribution in [0.1, 0.15) is 48.5 Å².